The maximum atomic E-state index is 5.76. The van der Waals surface area contributed by atoms with Gasteiger partial charge in [-0.2, -0.15) is 5.10 Å². The number of methoxy groups -OCH3 is 1. The van der Waals surface area contributed by atoms with E-state index < -0.39 is 0 Å². The highest BCUT2D eigenvalue weighted by atomic mass is 16.5. The van der Waals surface area contributed by atoms with Gasteiger partial charge in [-0.05, 0) is 31.5 Å². The fourth-order valence-electron chi connectivity index (χ4n) is 2.00. The lowest BCUT2D eigenvalue weighted by atomic mass is 10.2. The highest BCUT2D eigenvalue weighted by molar-refractivity contribution is 5.57. The number of ether oxygens (including phenoxy) is 2. The van der Waals surface area contributed by atoms with Crippen LogP contribution in [0.15, 0.2) is 30.6 Å². The molecule has 0 unspecified atom stereocenters. The second-order valence-electron chi connectivity index (χ2n) is 4.90. The number of hydrogen-bond donors (Lipinski definition) is 1. The maximum Gasteiger partial charge on any atom is 0.142 e. The topological polar surface area (TPSA) is 48.3 Å². The molecule has 1 N–H and O–H groups in total. The van der Waals surface area contributed by atoms with E-state index in [0.717, 1.165) is 30.1 Å². The van der Waals surface area contributed by atoms with Gasteiger partial charge in [-0.25, -0.2) is 0 Å². The summed E-state index contributed by atoms with van der Waals surface area (Å²) in [7, 11) is 1.67. The van der Waals surface area contributed by atoms with E-state index in [4.69, 9.17) is 9.47 Å². The molecular weight excluding hydrogens is 266 g/mol. The summed E-state index contributed by atoms with van der Waals surface area (Å²) in [6, 6.07) is 6.15. The van der Waals surface area contributed by atoms with E-state index in [-0.39, 0.29) is 0 Å². The molecule has 114 valence electrons. The SMILES string of the molecule is CCn1cc(CNc2ccc(C)cc2OCCOC)cn1. The zero-order valence-corrected chi connectivity index (χ0v) is 12.9. The molecule has 0 aliphatic heterocycles. The van der Waals surface area contributed by atoms with Crippen LogP contribution < -0.4 is 10.1 Å². The third-order valence-corrected chi connectivity index (χ3v) is 3.18. The van der Waals surface area contributed by atoms with E-state index in [9.17, 15) is 0 Å². The molecule has 0 spiro atoms. The van der Waals surface area contributed by atoms with Crippen molar-refractivity contribution >= 4 is 5.69 Å². The molecule has 5 heteroatoms. The first kappa shape index (κ1) is 15.4. The van der Waals surface area contributed by atoms with Crippen LogP contribution in [0.3, 0.4) is 0 Å². The Labute approximate surface area is 125 Å². The van der Waals surface area contributed by atoms with Crippen LogP contribution in [0, 0.1) is 6.92 Å². The zero-order valence-electron chi connectivity index (χ0n) is 12.9. The molecule has 0 atom stereocenters. The van der Waals surface area contributed by atoms with E-state index in [0.29, 0.717) is 13.2 Å². The average Bonchev–Trinajstić information content (AvgIpc) is 2.95. The van der Waals surface area contributed by atoms with Crippen LogP contribution in [-0.4, -0.2) is 30.1 Å². The Morgan fingerprint density at radius 2 is 2.14 bits per heavy atom. The summed E-state index contributed by atoms with van der Waals surface area (Å²) in [4.78, 5) is 0. The molecule has 1 heterocycles. The Morgan fingerprint density at radius 3 is 2.86 bits per heavy atom. The molecule has 2 rings (SSSR count). The number of anilines is 1. The van der Waals surface area contributed by atoms with Gasteiger partial charge in [0.1, 0.15) is 12.4 Å². The Morgan fingerprint density at radius 1 is 1.29 bits per heavy atom. The quantitative estimate of drug-likeness (QED) is 0.759. The molecule has 0 aliphatic carbocycles. The summed E-state index contributed by atoms with van der Waals surface area (Å²) in [5, 5.41) is 7.68. The molecule has 0 amide bonds. The van der Waals surface area contributed by atoms with Crippen LogP contribution in [0.5, 0.6) is 5.75 Å². The van der Waals surface area contributed by atoms with Gasteiger partial charge in [0.2, 0.25) is 0 Å². The van der Waals surface area contributed by atoms with E-state index in [1.54, 1.807) is 7.11 Å². The van der Waals surface area contributed by atoms with Crippen molar-refractivity contribution in [2.75, 3.05) is 25.6 Å². The molecule has 0 bridgehead atoms. The lowest BCUT2D eigenvalue weighted by Crippen LogP contribution is -2.07. The molecule has 1 aromatic heterocycles. The van der Waals surface area contributed by atoms with Crippen molar-refractivity contribution in [1.82, 2.24) is 9.78 Å². The Bertz CT molecular complexity index is 566. The minimum atomic E-state index is 0.544. The van der Waals surface area contributed by atoms with Crippen LogP contribution in [0.1, 0.15) is 18.1 Å². The first-order valence-electron chi connectivity index (χ1n) is 7.20. The zero-order chi connectivity index (χ0) is 15.1. The first-order chi connectivity index (χ1) is 10.2. The number of aromatic nitrogens is 2. The number of hydrogen-bond acceptors (Lipinski definition) is 4. The normalized spacial score (nSPS) is 10.6. The van der Waals surface area contributed by atoms with Crippen molar-refractivity contribution in [2.45, 2.75) is 26.9 Å². The van der Waals surface area contributed by atoms with Gasteiger partial charge in [0.15, 0.2) is 0 Å². The molecule has 0 radical (unpaired) electrons. The van der Waals surface area contributed by atoms with Gasteiger partial charge in [0.05, 0.1) is 18.5 Å². The van der Waals surface area contributed by atoms with Gasteiger partial charge >= 0.3 is 0 Å². The van der Waals surface area contributed by atoms with Gasteiger partial charge < -0.3 is 14.8 Å². The summed E-state index contributed by atoms with van der Waals surface area (Å²) >= 11 is 0. The largest absolute Gasteiger partial charge is 0.489 e. The van der Waals surface area contributed by atoms with E-state index in [1.807, 2.05) is 29.2 Å². The van der Waals surface area contributed by atoms with Crippen molar-refractivity contribution in [3.8, 4) is 5.75 Å². The molecule has 2 aromatic rings. The van der Waals surface area contributed by atoms with Crippen molar-refractivity contribution in [2.24, 2.45) is 0 Å². The third-order valence-electron chi connectivity index (χ3n) is 3.18. The Hall–Kier alpha value is -2.01. The van der Waals surface area contributed by atoms with Gasteiger partial charge in [0, 0.05) is 32.0 Å². The van der Waals surface area contributed by atoms with Crippen molar-refractivity contribution in [3.05, 3.63) is 41.7 Å². The smallest absolute Gasteiger partial charge is 0.142 e. The summed E-state index contributed by atoms with van der Waals surface area (Å²) in [6.07, 6.45) is 3.93. The van der Waals surface area contributed by atoms with Gasteiger partial charge in [-0.15, -0.1) is 0 Å². The minimum absolute atomic E-state index is 0.544. The fourth-order valence-corrected chi connectivity index (χ4v) is 2.00. The van der Waals surface area contributed by atoms with Crippen molar-refractivity contribution in [1.29, 1.82) is 0 Å². The monoisotopic (exact) mass is 289 g/mol. The highest BCUT2D eigenvalue weighted by Gasteiger charge is 2.05. The Kier molecular flexibility index (Phi) is 5.63. The predicted molar refractivity (Wildman–Crippen MR) is 83.8 cm³/mol. The summed E-state index contributed by atoms with van der Waals surface area (Å²) in [5.74, 6) is 0.856. The third kappa shape index (κ3) is 4.49. The molecule has 0 aliphatic rings. The molecule has 1 aromatic carbocycles. The maximum absolute atomic E-state index is 5.76. The number of rotatable bonds is 8. The molecule has 0 saturated carbocycles. The van der Waals surface area contributed by atoms with E-state index in [2.05, 4.69) is 30.3 Å². The van der Waals surface area contributed by atoms with Gasteiger partial charge in [0.25, 0.3) is 0 Å². The number of benzene rings is 1. The van der Waals surface area contributed by atoms with E-state index in [1.165, 1.54) is 5.56 Å². The molecule has 0 fully saturated rings. The first-order valence-corrected chi connectivity index (χ1v) is 7.20. The number of nitrogens with one attached hydrogen (secondary N) is 1. The average molecular weight is 289 g/mol. The predicted octanol–water partition coefficient (Wildman–Crippen LogP) is 2.85. The summed E-state index contributed by atoms with van der Waals surface area (Å²) in [6.45, 7) is 6.86. The molecule has 0 saturated heterocycles. The molecule has 5 nitrogen and oxygen atoms in total. The van der Waals surface area contributed by atoms with Crippen LogP contribution in [-0.2, 0) is 17.8 Å². The molecule has 21 heavy (non-hydrogen) atoms. The lowest BCUT2D eigenvalue weighted by molar-refractivity contribution is 0.146. The van der Waals surface area contributed by atoms with Crippen LogP contribution >= 0.6 is 0 Å². The van der Waals surface area contributed by atoms with Crippen molar-refractivity contribution in [3.63, 3.8) is 0 Å². The standard InChI is InChI=1S/C16H23N3O2/c1-4-19-12-14(11-18-19)10-17-15-6-5-13(2)9-16(15)21-8-7-20-3/h5-6,9,11-12,17H,4,7-8,10H2,1-3H3. The fraction of sp³-hybridized carbons (Fsp3) is 0.438. The second kappa shape index (κ2) is 7.69. The summed E-state index contributed by atoms with van der Waals surface area (Å²) in [5.41, 5.74) is 3.31. The van der Waals surface area contributed by atoms with Crippen LogP contribution in [0.25, 0.3) is 0 Å². The highest BCUT2D eigenvalue weighted by Crippen LogP contribution is 2.26. The van der Waals surface area contributed by atoms with Gasteiger partial charge in [-0.1, -0.05) is 6.07 Å². The number of aryl methyl sites for hydroxylation is 2. The van der Waals surface area contributed by atoms with Crippen LogP contribution in [0.4, 0.5) is 5.69 Å². The Balaban J connectivity index is 2.00. The minimum Gasteiger partial charge on any atom is -0.489 e. The summed E-state index contributed by atoms with van der Waals surface area (Å²) < 4.78 is 12.7. The van der Waals surface area contributed by atoms with Crippen molar-refractivity contribution < 1.29 is 9.47 Å². The molecular formula is C16H23N3O2. The second-order valence-corrected chi connectivity index (χ2v) is 4.90. The van der Waals surface area contributed by atoms with E-state index >= 15 is 0 Å². The van der Waals surface area contributed by atoms with Crippen LogP contribution in [0.2, 0.25) is 0 Å². The number of nitrogens with zero attached hydrogens (tertiary/aromatic N) is 2. The van der Waals surface area contributed by atoms with Gasteiger partial charge in [-0.3, -0.25) is 4.68 Å². The lowest BCUT2D eigenvalue weighted by Gasteiger charge is -2.13.